The highest BCUT2D eigenvalue weighted by Gasteiger charge is 2.11. The van der Waals surface area contributed by atoms with Crippen molar-refractivity contribution in [3.63, 3.8) is 0 Å². The Morgan fingerprint density at radius 2 is 1.92 bits per heavy atom. The van der Waals surface area contributed by atoms with Crippen molar-refractivity contribution < 1.29 is 13.9 Å². The lowest BCUT2D eigenvalue weighted by molar-refractivity contribution is -0.104. The molecule has 0 saturated carbocycles. The maximum atomic E-state index is 10.3. The Bertz CT molecular complexity index is 907. The number of hydrogen-bond acceptors (Lipinski definition) is 4. The summed E-state index contributed by atoms with van der Waals surface area (Å²) in [5, 5.41) is 0. The van der Waals surface area contributed by atoms with E-state index in [1.165, 1.54) is 11.6 Å². The summed E-state index contributed by atoms with van der Waals surface area (Å²) in [6, 6.07) is 15.7. The first-order chi connectivity index (χ1) is 12.7. The molecule has 0 fully saturated rings. The zero-order valence-electron chi connectivity index (χ0n) is 14.9. The number of aldehydes is 1. The van der Waals surface area contributed by atoms with Crippen molar-refractivity contribution in [2.45, 2.75) is 20.3 Å². The van der Waals surface area contributed by atoms with Crippen molar-refractivity contribution in [1.29, 1.82) is 0 Å². The standard InChI is InChI=1S/C22H21NO3/c1-16-5-3-7-19(15-16)22-23-21(17(2)26-22)12-14-25-20-10-8-18(9-11-20)6-4-13-24/h3-11,13,15H,12,14H2,1-2H3/b6-4+. The summed E-state index contributed by atoms with van der Waals surface area (Å²) >= 11 is 0. The van der Waals surface area contributed by atoms with Crippen molar-refractivity contribution in [3.05, 3.63) is 77.2 Å². The predicted octanol–water partition coefficient (Wildman–Crippen LogP) is 4.79. The van der Waals surface area contributed by atoms with Gasteiger partial charge >= 0.3 is 0 Å². The van der Waals surface area contributed by atoms with Gasteiger partial charge < -0.3 is 9.15 Å². The Morgan fingerprint density at radius 1 is 1.12 bits per heavy atom. The number of nitrogens with zero attached hydrogens (tertiary/aromatic N) is 1. The number of ether oxygens (including phenoxy) is 1. The number of carbonyl (C=O) groups excluding carboxylic acids is 1. The lowest BCUT2D eigenvalue weighted by Crippen LogP contribution is -2.02. The molecule has 3 aromatic rings. The van der Waals surface area contributed by atoms with E-state index in [0.717, 1.165) is 34.6 Å². The second-order valence-corrected chi connectivity index (χ2v) is 6.05. The third-order valence-electron chi connectivity index (χ3n) is 4.01. The van der Waals surface area contributed by atoms with Gasteiger partial charge in [-0.25, -0.2) is 4.98 Å². The molecule has 0 bridgehead atoms. The van der Waals surface area contributed by atoms with Crippen molar-refractivity contribution in [1.82, 2.24) is 4.98 Å². The Labute approximate surface area is 153 Å². The first kappa shape index (κ1) is 17.7. The number of allylic oxidation sites excluding steroid dienone is 1. The van der Waals surface area contributed by atoms with Crippen molar-refractivity contribution in [3.8, 4) is 17.2 Å². The van der Waals surface area contributed by atoms with E-state index in [1.54, 1.807) is 6.08 Å². The van der Waals surface area contributed by atoms with E-state index in [1.807, 2.05) is 56.3 Å². The summed E-state index contributed by atoms with van der Waals surface area (Å²) in [5.41, 5.74) is 4.03. The molecule has 0 radical (unpaired) electrons. The van der Waals surface area contributed by atoms with Crippen LogP contribution in [0.25, 0.3) is 17.5 Å². The molecule has 4 heteroatoms. The minimum atomic E-state index is 0.518. The van der Waals surface area contributed by atoms with Crippen LogP contribution in [0.2, 0.25) is 0 Å². The molecule has 0 aliphatic rings. The second-order valence-electron chi connectivity index (χ2n) is 6.05. The highest BCUT2D eigenvalue weighted by molar-refractivity contribution is 5.73. The Kier molecular flexibility index (Phi) is 5.64. The second kappa shape index (κ2) is 8.30. The number of aryl methyl sites for hydroxylation is 2. The Balaban J connectivity index is 1.60. The molecule has 0 unspecified atom stereocenters. The van der Waals surface area contributed by atoms with Gasteiger partial charge in [0, 0.05) is 12.0 Å². The molecule has 0 amide bonds. The van der Waals surface area contributed by atoms with E-state index in [0.29, 0.717) is 18.9 Å². The van der Waals surface area contributed by atoms with Crippen LogP contribution in [0.1, 0.15) is 22.6 Å². The maximum Gasteiger partial charge on any atom is 0.226 e. The van der Waals surface area contributed by atoms with Crippen LogP contribution in [0.4, 0.5) is 0 Å². The van der Waals surface area contributed by atoms with Crippen molar-refractivity contribution in [2.24, 2.45) is 0 Å². The molecule has 0 aliphatic heterocycles. The summed E-state index contributed by atoms with van der Waals surface area (Å²) in [7, 11) is 0. The van der Waals surface area contributed by atoms with Gasteiger partial charge in [-0.1, -0.05) is 35.9 Å². The van der Waals surface area contributed by atoms with Crippen molar-refractivity contribution in [2.75, 3.05) is 6.61 Å². The first-order valence-corrected chi connectivity index (χ1v) is 8.54. The maximum absolute atomic E-state index is 10.3. The van der Waals surface area contributed by atoms with Gasteiger partial charge in [0.05, 0.1) is 12.3 Å². The third-order valence-corrected chi connectivity index (χ3v) is 4.01. The van der Waals surface area contributed by atoms with Gasteiger partial charge in [0.1, 0.15) is 17.8 Å². The average Bonchev–Trinajstić information content (AvgIpc) is 3.02. The summed E-state index contributed by atoms with van der Waals surface area (Å²) in [6.07, 6.45) is 4.65. The van der Waals surface area contributed by atoms with Gasteiger partial charge in [-0.2, -0.15) is 0 Å². The average molecular weight is 347 g/mol. The molecule has 0 atom stereocenters. The molecule has 1 aromatic heterocycles. The van der Waals surface area contributed by atoms with E-state index in [-0.39, 0.29) is 0 Å². The molecule has 0 spiro atoms. The van der Waals surface area contributed by atoms with E-state index in [4.69, 9.17) is 9.15 Å². The quantitative estimate of drug-likeness (QED) is 0.455. The zero-order chi connectivity index (χ0) is 18.4. The van der Waals surface area contributed by atoms with Crippen LogP contribution in [0.5, 0.6) is 5.75 Å². The lowest BCUT2D eigenvalue weighted by atomic mass is 10.1. The molecule has 26 heavy (non-hydrogen) atoms. The molecule has 4 nitrogen and oxygen atoms in total. The van der Waals surface area contributed by atoms with Gasteiger partial charge in [-0.05, 0) is 49.8 Å². The Morgan fingerprint density at radius 3 is 2.65 bits per heavy atom. The van der Waals surface area contributed by atoms with Crippen LogP contribution in [-0.2, 0) is 11.2 Å². The van der Waals surface area contributed by atoms with Crippen molar-refractivity contribution >= 4 is 12.4 Å². The molecule has 1 heterocycles. The monoisotopic (exact) mass is 347 g/mol. The number of benzene rings is 2. The van der Waals surface area contributed by atoms with Crippen LogP contribution in [-0.4, -0.2) is 17.9 Å². The fraction of sp³-hybridized carbons (Fsp3) is 0.182. The summed E-state index contributed by atoms with van der Waals surface area (Å²) in [4.78, 5) is 14.9. The van der Waals surface area contributed by atoms with E-state index >= 15 is 0 Å². The number of hydrogen-bond donors (Lipinski definition) is 0. The highest BCUT2D eigenvalue weighted by atomic mass is 16.5. The van der Waals surface area contributed by atoms with Gasteiger partial charge in [0.15, 0.2) is 0 Å². The zero-order valence-corrected chi connectivity index (χ0v) is 14.9. The normalized spacial score (nSPS) is 11.0. The number of rotatable bonds is 7. The molecule has 3 rings (SSSR count). The van der Waals surface area contributed by atoms with Gasteiger partial charge in [0.25, 0.3) is 0 Å². The lowest BCUT2D eigenvalue weighted by Gasteiger charge is -2.05. The topological polar surface area (TPSA) is 52.3 Å². The number of carbonyl (C=O) groups is 1. The number of oxazole rings is 1. The SMILES string of the molecule is Cc1cccc(-c2nc(CCOc3ccc(/C=C/C=O)cc3)c(C)o2)c1. The van der Waals surface area contributed by atoms with Crippen LogP contribution >= 0.6 is 0 Å². The van der Waals surface area contributed by atoms with Gasteiger partial charge in [-0.15, -0.1) is 0 Å². The van der Waals surface area contributed by atoms with E-state index < -0.39 is 0 Å². The van der Waals surface area contributed by atoms with Crippen LogP contribution in [0.15, 0.2) is 59.0 Å². The Hall–Kier alpha value is -3.14. The molecule has 0 aliphatic carbocycles. The first-order valence-electron chi connectivity index (χ1n) is 8.54. The highest BCUT2D eigenvalue weighted by Crippen LogP contribution is 2.23. The van der Waals surface area contributed by atoms with Crippen LogP contribution < -0.4 is 4.74 Å². The van der Waals surface area contributed by atoms with Crippen LogP contribution in [0.3, 0.4) is 0 Å². The summed E-state index contributed by atoms with van der Waals surface area (Å²) in [6.45, 7) is 4.49. The molecule has 0 saturated heterocycles. The summed E-state index contributed by atoms with van der Waals surface area (Å²) < 4.78 is 11.6. The minimum Gasteiger partial charge on any atom is -0.493 e. The predicted molar refractivity (Wildman–Crippen MR) is 102 cm³/mol. The van der Waals surface area contributed by atoms with Gasteiger partial charge in [-0.3, -0.25) is 4.79 Å². The molecule has 0 N–H and O–H groups in total. The molecule has 2 aromatic carbocycles. The molecular weight excluding hydrogens is 326 g/mol. The minimum absolute atomic E-state index is 0.518. The fourth-order valence-corrected chi connectivity index (χ4v) is 2.65. The van der Waals surface area contributed by atoms with Crippen LogP contribution in [0, 0.1) is 13.8 Å². The third kappa shape index (κ3) is 4.48. The molecule has 132 valence electrons. The van der Waals surface area contributed by atoms with E-state index in [9.17, 15) is 4.79 Å². The smallest absolute Gasteiger partial charge is 0.226 e. The molecular formula is C22H21NO3. The van der Waals surface area contributed by atoms with E-state index in [2.05, 4.69) is 11.1 Å². The fourth-order valence-electron chi connectivity index (χ4n) is 2.65. The number of aromatic nitrogens is 1. The summed E-state index contributed by atoms with van der Waals surface area (Å²) in [5.74, 6) is 2.25. The van der Waals surface area contributed by atoms with Gasteiger partial charge in [0.2, 0.25) is 5.89 Å². The largest absolute Gasteiger partial charge is 0.493 e.